The Kier molecular flexibility index (Phi) is 13.4. The summed E-state index contributed by atoms with van der Waals surface area (Å²) in [6.45, 7) is 12.0. The highest BCUT2D eigenvalue weighted by molar-refractivity contribution is 6.38. The van der Waals surface area contributed by atoms with Crippen molar-refractivity contribution in [2.24, 2.45) is 11.8 Å². The van der Waals surface area contributed by atoms with Crippen molar-refractivity contribution in [3.8, 4) is 0 Å². The van der Waals surface area contributed by atoms with Gasteiger partial charge in [0.05, 0.1) is 6.04 Å². The van der Waals surface area contributed by atoms with Crippen LogP contribution in [0.1, 0.15) is 112 Å². The van der Waals surface area contributed by atoms with Crippen molar-refractivity contribution in [1.82, 2.24) is 20.9 Å². The van der Waals surface area contributed by atoms with Crippen LogP contribution < -0.4 is 16.0 Å². The van der Waals surface area contributed by atoms with Crippen molar-refractivity contribution < 1.29 is 28.7 Å². The predicted molar refractivity (Wildman–Crippen MR) is 153 cm³/mol. The molecule has 0 aromatic rings. The summed E-state index contributed by atoms with van der Waals surface area (Å²) in [5.41, 5.74) is -0.713. The van der Waals surface area contributed by atoms with Gasteiger partial charge < -0.3 is 25.6 Å². The van der Waals surface area contributed by atoms with E-state index in [0.717, 1.165) is 44.9 Å². The van der Waals surface area contributed by atoms with Gasteiger partial charge in [-0.05, 0) is 58.3 Å². The van der Waals surface area contributed by atoms with Crippen LogP contribution in [-0.4, -0.2) is 71.3 Å². The predicted octanol–water partition coefficient (Wildman–Crippen LogP) is 3.86. The highest BCUT2D eigenvalue weighted by atomic mass is 16.6. The number of fused-ring (bicyclic) bond motifs is 1. The first-order valence-electron chi connectivity index (χ1n) is 15.3. The van der Waals surface area contributed by atoms with Gasteiger partial charge in [-0.15, -0.1) is 0 Å². The van der Waals surface area contributed by atoms with E-state index in [1.807, 2.05) is 20.8 Å². The number of amides is 4. The van der Waals surface area contributed by atoms with E-state index in [0.29, 0.717) is 38.8 Å². The lowest BCUT2D eigenvalue weighted by molar-refractivity contribution is -0.144. The number of rotatable bonds is 6. The normalized spacial score (nSPS) is 25.6. The highest BCUT2D eigenvalue weighted by Gasteiger charge is 2.45. The minimum atomic E-state index is -0.946. The van der Waals surface area contributed by atoms with E-state index in [1.54, 1.807) is 25.7 Å². The summed E-state index contributed by atoms with van der Waals surface area (Å²) < 4.78 is 5.44. The maximum atomic E-state index is 13.9. The highest BCUT2D eigenvalue weighted by Crippen LogP contribution is 2.32. The zero-order chi connectivity index (χ0) is 29.9. The fraction of sp³-hybridized carbons (Fsp3) is 0.833. The number of nitrogens with one attached hydrogen (secondary N) is 3. The minimum Gasteiger partial charge on any atom is -0.444 e. The van der Waals surface area contributed by atoms with Gasteiger partial charge >= 0.3 is 6.09 Å². The van der Waals surface area contributed by atoms with Crippen LogP contribution in [-0.2, 0) is 23.9 Å². The Morgan fingerprint density at radius 1 is 0.975 bits per heavy atom. The second-order valence-electron chi connectivity index (χ2n) is 12.6. The number of hydrogen-bond acceptors (Lipinski definition) is 6. The van der Waals surface area contributed by atoms with Gasteiger partial charge in [-0.1, -0.05) is 65.7 Å². The number of nitrogens with zero attached hydrogens (tertiary/aromatic N) is 1. The molecule has 2 saturated heterocycles. The first-order valence-corrected chi connectivity index (χ1v) is 15.3. The maximum Gasteiger partial charge on any atom is 0.408 e. The van der Waals surface area contributed by atoms with E-state index < -0.39 is 47.4 Å². The molecule has 2 heterocycles. The molecular formula is C30H52N4O6. The largest absolute Gasteiger partial charge is 0.444 e. The van der Waals surface area contributed by atoms with Gasteiger partial charge in [-0.25, -0.2) is 4.79 Å². The van der Waals surface area contributed by atoms with Gasteiger partial charge in [0.1, 0.15) is 17.7 Å². The summed E-state index contributed by atoms with van der Waals surface area (Å²) in [6.07, 6.45) is 7.84. The van der Waals surface area contributed by atoms with Gasteiger partial charge in [0.2, 0.25) is 17.6 Å². The van der Waals surface area contributed by atoms with Crippen LogP contribution in [0.25, 0.3) is 0 Å². The van der Waals surface area contributed by atoms with Gasteiger partial charge in [0, 0.05) is 13.1 Å². The molecule has 2 fully saturated rings. The van der Waals surface area contributed by atoms with Crippen molar-refractivity contribution >= 4 is 29.6 Å². The molecule has 0 aromatic heterocycles. The number of ether oxygens (including phenoxy) is 1. The lowest BCUT2D eigenvalue weighted by Gasteiger charge is -2.33. The molecule has 10 heteroatoms. The molecule has 0 aromatic carbocycles. The average Bonchev–Trinajstić information content (AvgIpc) is 3.32. The molecule has 4 amide bonds. The molecule has 4 atom stereocenters. The molecule has 0 unspecified atom stereocenters. The number of ketones is 1. The van der Waals surface area contributed by atoms with Crippen LogP contribution in [0.4, 0.5) is 4.79 Å². The lowest BCUT2D eigenvalue weighted by Crippen LogP contribution is -2.58. The molecule has 0 radical (unpaired) electrons. The first kappa shape index (κ1) is 33.6. The number of carbonyl (C=O) groups is 5. The molecule has 0 aliphatic carbocycles. The Morgan fingerprint density at radius 3 is 2.15 bits per heavy atom. The Bertz CT molecular complexity index is 884. The Hall–Kier alpha value is -2.65. The van der Waals surface area contributed by atoms with Crippen LogP contribution in [0, 0.1) is 11.8 Å². The van der Waals surface area contributed by atoms with E-state index in [1.165, 1.54) is 0 Å². The summed E-state index contributed by atoms with van der Waals surface area (Å²) >= 11 is 0. The van der Waals surface area contributed by atoms with E-state index in [9.17, 15) is 24.0 Å². The summed E-state index contributed by atoms with van der Waals surface area (Å²) in [6, 6.07) is -2.56. The molecular weight excluding hydrogens is 512 g/mol. The molecule has 0 bridgehead atoms. The standard InChI is InChI=1S/C30H52N4O6/c1-7-18-31-27(37)25(35)22-15-13-11-9-8-10-12-14-16-23(33-29(39)40-30(4,5)6)28(38)34-19-17-21(20(2)3)24(34)26(36)32-22/h20-24H,7-19H2,1-6H3,(H,31,37)(H,32,36)(H,33,39)/t21-,22+,23+,24+/m1/s1. The topological polar surface area (TPSA) is 134 Å². The summed E-state index contributed by atoms with van der Waals surface area (Å²) in [5, 5.41) is 8.26. The monoisotopic (exact) mass is 564 g/mol. The third kappa shape index (κ3) is 10.4. The van der Waals surface area contributed by atoms with E-state index in [2.05, 4.69) is 16.0 Å². The van der Waals surface area contributed by atoms with Crippen molar-refractivity contribution in [2.75, 3.05) is 13.1 Å². The number of alkyl carbamates (subject to hydrolysis) is 1. The molecule has 228 valence electrons. The molecule has 2 aliphatic rings. The smallest absolute Gasteiger partial charge is 0.408 e. The maximum absolute atomic E-state index is 13.9. The third-order valence-electron chi connectivity index (χ3n) is 7.72. The average molecular weight is 565 g/mol. The van der Waals surface area contributed by atoms with E-state index in [-0.39, 0.29) is 17.7 Å². The third-order valence-corrected chi connectivity index (χ3v) is 7.72. The fourth-order valence-electron chi connectivity index (χ4n) is 5.60. The Labute approximate surface area is 240 Å². The summed E-state index contributed by atoms with van der Waals surface area (Å²) in [4.78, 5) is 67.6. The quantitative estimate of drug-likeness (QED) is 0.420. The van der Waals surface area contributed by atoms with Gasteiger partial charge in [-0.2, -0.15) is 0 Å². The molecule has 2 aliphatic heterocycles. The van der Waals surface area contributed by atoms with Crippen molar-refractivity contribution in [3.05, 3.63) is 0 Å². The van der Waals surface area contributed by atoms with Crippen molar-refractivity contribution in [2.45, 2.75) is 136 Å². The van der Waals surface area contributed by atoms with E-state index in [4.69, 9.17) is 4.74 Å². The van der Waals surface area contributed by atoms with Gasteiger partial charge in [-0.3, -0.25) is 19.2 Å². The van der Waals surface area contributed by atoms with Crippen LogP contribution >= 0.6 is 0 Å². The zero-order valence-electron chi connectivity index (χ0n) is 25.5. The fourth-order valence-corrected chi connectivity index (χ4v) is 5.60. The number of carbonyl (C=O) groups excluding carboxylic acids is 5. The molecule has 2 rings (SSSR count). The molecule has 0 saturated carbocycles. The molecule has 10 nitrogen and oxygen atoms in total. The van der Waals surface area contributed by atoms with Gasteiger partial charge in [0.15, 0.2) is 0 Å². The number of Topliss-reactive ketones (excluding diaryl/α,β-unsaturated/α-hetero) is 1. The van der Waals surface area contributed by atoms with Gasteiger partial charge in [0.25, 0.3) is 5.91 Å². The first-order chi connectivity index (χ1) is 18.9. The summed E-state index contributed by atoms with van der Waals surface area (Å²) in [5.74, 6) is -2.08. The zero-order valence-corrected chi connectivity index (χ0v) is 25.5. The SMILES string of the molecule is CCCNC(=O)C(=O)[C@@H]1CCCCCCCCC[C@H](NC(=O)OC(C)(C)C)C(=O)N2CC[C@H](C(C)C)[C@H]2C(=O)N1. The van der Waals surface area contributed by atoms with E-state index >= 15 is 0 Å². The second kappa shape index (κ2) is 16.0. The van der Waals surface area contributed by atoms with Crippen molar-refractivity contribution in [3.63, 3.8) is 0 Å². The van der Waals surface area contributed by atoms with Crippen LogP contribution in [0.15, 0.2) is 0 Å². The van der Waals surface area contributed by atoms with Crippen molar-refractivity contribution in [1.29, 1.82) is 0 Å². The Balaban J connectivity index is 2.36. The molecule has 3 N–H and O–H groups in total. The molecule has 40 heavy (non-hydrogen) atoms. The van der Waals surface area contributed by atoms with Crippen LogP contribution in [0.3, 0.4) is 0 Å². The lowest BCUT2D eigenvalue weighted by atomic mass is 9.87. The summed E-state index contributed by atoms with van der Waals surface area (Å²) in [7, 11) is 0. The number of hydrogen-bond donors (Lipinski definition) is 3. The molecule has 0 spiro atoms. The second-order valence-corrected chi connectivity index (χ2v) is 12.6. The van der Waals surface area contributed by atoms with Crippen LogP contribution in [0.2, 0.25) is 0 Å². The minimum absolute atomic E-state index is 0.110. The van der Waals surface area contributed by atoms with Crippen LogP contribution in [0.5, 0.6) is 0 Å². The Morgan fingerprint density at radius 2 is 1.57 bits per heavy atom.